The average molecular weight is 274 g/mol. The molecule has 0 radical (unpaired) electrons. The fourth-order valence-electron chi connectivity index (χ4n) is 1.91. The van der Waals surface area contributed by atoms with Crippen molar-refractivity contribution < 1.29 is 14.3 Å². The first kappa shape index (κ1) is 14.9. The van der Waals surface area contributed by atoms with Crippen LogP contribution in [0.1, 0.15) is 36.9 Å². The third-order valence-electron chi connectivity index (χ3n) is 2.86. The summed E-state index contributed by atoms with van der Waals surface area (Å²) in [5.41, 5.74) is 7.13. The maximum absolute atomic E-state index is 13.3. The topological polar surface area (TPSA) is 63.3 Å². The Morgan fingerprint density at radius 3 is 2.72 bits per heavy atom. The van der Waals surface area contributed by atoms with Gasteiger partial charge in [-0.15, -0.1) is 0 Å². The lowest BCUT2D eigenvalue weighted by Crippen LogP contribution is -2.16. The van der Waals surface area contributed by atoms with E-state index in [-0.39, 0.29) is 29.2 Å². The van der Waals surface area contributed by atoms with Crippen molar-refractivity contribution in [1.29, 1.82) is 0 Å². The minimum absolute atomic E-state index is 0.0566. The molecule has 0 saturated heterocycles. The van der Waals surface area contributed by atoms with E-state index in [0.29, 0.717) is 17.5 Å². The molecule has 100 valence electrons. The third-order valence-corrected chi connectivity index (χ3v) is 3.18. The van der Waals surface area contributed by atoms with Crippen molar-refractivity contribution in [2.75, 3.05) is 0 Å². The summed E-state index contributed by atoms with van der Waals surface area (Å²) in [4.78, 5) is 10.6. The number of carboxylic acids is 1. The SMILES string of the molecule is Cc1cc(C(N)CC(C)CC(=O)O)c(Cl)cc1F. The highest BCUT2D eigenvalue weighted by Crippen LogP contribution is 2.29. The summed E-state index contributed by atoms with van der Waals surface area (Å²) in [6.07, 6.45) is 0.558. The van der Waals surface area contributed by atoms with Crippen molar-refractivity contribution in [3.63, 3.8) is 0 Å². The minimum Gasteiger partial charge on any atom is -0.481 e. The zero-order valence-electron chi connectivity index (χ0n) is 10.4. The number of carboxylic acid groups (broad SMARTS) is 1. The number of carbonyl (C=O) groups is 1. The molecule has 0 aliphatic carbocycles. The highest BCUT2D eigenvalue weighted by molar-refractivity contribution is 6.31. The first-order chi connectivity index (χ1) is 8.31. The molecule has 1 aromatic carbocycles. The van der Waals surface area contributed by atoms with E-state index in [4.69, 9.17) is 22.4 Å². The molecule has 18 heavy (non-hydrogen) atoms. The second kappa shape index (κ2) is 6.16. The maximum Gasteiger partial charge on any atom is 0.303 e. The van der Waals surface area contributed by atoms with Gasteiger partial charge < -0.3 is 10.8 Å². The van der Waals surface area contributed by atoms with Gasteiger partial charge in [0.2, 0.25) is 0 Å². The fraction of sp³-hybridized carbons (Fsp3) is 0.462. The maximum atomic E-state index is 13.3. The summed E-state index contributed by atoms with van der Waals surface area (Å²) in [6, 6.07) is 2.48. The van der Waals surface area contributed by atoms with Crippen LogP contribution in [0.3, 0.4) is 0 Å². The van der Waals surface area contributed by atoms with Crippen molar-refractivity contribution in [2.45, 2.75) is 32.7 Å². The van der Waals surface area contributed by atoms with Crippen LogP contribution in [0.2, 0.25) is 5.02 Å². The number of nitrogens with two attached hydrogens (primary N) is 1. The molecule has 0 heterocycles. The predicted octanol–water partition coefficient (Wildman–Crippen LogP) is 3.29. The van der Waals surface area contributed by atoms with E-state index in [0.717, 1.165) is 0 Å². The Bertz CT molecular complexity index is 451. The van der Waals surface area contributed by atoms with Crippen LogP contribution >= 0.6 is 11.6 Å². The molecule has 1 aromatic rings. The van der Waals surface area contributed by atoms with Crippen molar-refractivity contribution in [3.8, 4) is 0 Å². The van der Waals surface area contributed by atoms with Gasteiger partial charge in [0.15, 0.2) is 0 Å². The predicted molar refractivity (Wildman–Crippen MR) is 69.1 cm³/mol. The van der Waals surface area contributed by atoms with E-state index in [1.54, 1.807) is 13.0 Å². The largest absolute Gasteiger partial charge is 0.481 e. The van der Waals surface area contributed by atoms with Crippen molar-refractivity contribution in [3.05, 3.63) is 34.1 Å². The highest BCUT2D eigenvalue weighted by Gasteiger charge is 2.17. The van der Waals surface area contributed by atoms with Gasteiger partial charge in [-0.3, -0.25) is 4.79 Å². The van der Waals surface area contributed by atoms with Gasteiger partial charge in [0.1, 0.15) is 5.82 Å². The van der Waals surface area contributed by atoms with Crippen molar-refractivity contribution in [2.24, 2.45) is 11.7 Å². The quantitative estimate of drug-likeness (QED) is 0.865. The van der Waals surface area contributed by atoms with Gasteiger partial charge in [0.05, 0.1) is 0 Å². The summed E-state index contributed by atoms with van der Waals surface area (Å²) in [5, 5.41) is 8.97. The van der Waals surface area contributed by atoms with Gasteiger partial charge in [-0.25, -0.2) is 4.39 Å². The molecule has 2 unspecified atom stereocenters. The first-order valence-corrected chi connectivity index (χ1v) is 6.12. The van der Waals surface area contributed by atoms with Gasteiger partial charge in [-0.1, -0.05) is 24.6 Å². The van der Waals surface area contributed by atoms with Gasteiger partial charge in [0.25, 0.3) is 0 Å². The van der Waals surface area contributed by atoms with Crippen LogP contribution in [0.5, 0.6) is 0 Å². The molecule has 0 aliphatic heterocycles. The summed E-state index contributed by atoms with van der Waals surface area (Å²) in [5.74, 6) is -1.27. The molecule has 0 aromatic heterocycles. The van der Waals surface area contributed by atoms with Crippen LogP contribution in [0.4, 0.5) is 4.39 Å². The molecule has 3 N–H and O–H groups in total. The number of hydrogen-bond acceptors (Lipinski definition) is 2. The number of aryl methyl sites for hydroxylation is 1. The molecule has 1 rings (SSSR count). The zero-order chi connectivity index (χ0) is 13.9. The normalized spacial score (nSPS) is 14.3. The first-order valence-electron chi connectivity index (χ1n) is 5.74. The molecule has 2 atom stereocenters. The molecular weight excluding hydrogens is 257 g/mol. The third kappa shape index (κ3) is 3.96. The molecule has 0 saturated carbocycles. The molecular formula is C13H17ClFNO2. The summed E-state index contributed by atoms with van der Waals surface area (Å²) in [6.45, 7) is 3.46. The van der Waals surface area contributed by atoms with Crippen molar-refractivity contribution in [1.82, 2.24) is 0 Å². The van der Waals surface area contributed by atoms with Crippen LogP contribution < -0.4 is 5.73 Å². The van der Waals surface area contributed by atoms with Crippen LogP contribution in [0, 0.1) is 18.7 Å². The van der Waals surface area contributed by atoms with Crippen molar-refractivity contribution >= 4 is 17.6 Å². The Hall–Kier alpha value is -1.13. The Morgan fingerprint density at radius 1 is 1.56 bits per heavy atom. The average Bonchev–Trinajstić information content (AvgIpc) is 2.21. The number of halogens is 2. The number of rotatable bonds is 5. The second-order valence-corrected chi connectivity index (χ2v) is 5.08. The fourth-order valence-corrected chi connectivity index (χ4v) is 2.20. The summed E-state index contributed by atoms with van der Waals surface area (Å²) < 4.78 is 13.3. The number of benzene rings is 1. The van der Waals surface area contributed by atoms with E-state index < -0.39 is 5.97 Å². The van der Waals surface area contributed by atoms with Crippen LogP contribution in [-0.2, 0) is 4.79 Å². The van der Waals surface area contributed by atoms with Crippen LogP contribution in [0.15, 0.2) is 12.1 Å². The van der Waals surface area contributed by atoms with Gasteiger partial charge >= 0.3 is 5.97 Å². The lowest BCUT2D eigenvalue weighted by Gasteiger charge is -2.18. The minimum atomic E-state index is -0.851. The molecule has 0 aliphatic rings. The molecule has 0 fully saturated rings. The summed E-state index contributed by atoms with van der Waals surface area (Å²) >= 11 is 5.95. The van der Waals surface area contributed by atoms with Crippen LogP contribution in [0.25, 0.3) is 0 Å². The molecule has 5 heteroatoms. The van der Waals surface area contributed by atoms with E-state index in [1.165, 1.54) is 6.07 Å². The lowest BCUT2D eigenvalue weighted by molar-refractivity contribution is -0.138. The molecule has 0 spiro atoms. The monoisotopic (exact) mass is 273 g/mol. The van der Waals surface area contributed by atoms with E-state index in [1.807, 2.05) is 6.92 Å². The zero-order valence-corrected chi connectivity index (χ0v) is 11.2. The van der Waals surface area contributed by atoms with Gasteiger partial charge in [-0.05, 0) is 36.5 Å². The Balaban J connectivity index is 2.81. The number of aliphatic carboxylic acids is 1. The second-order valence-electron chi connectivity index (χ2n) is 4.67. The Morgan fingerprint density at radius 2 is 2.17 bits per heavy atom. The Kier molecular flexibility index (Phi) is 5.11. The van der Waals surface area contributed by atoms with Gasteiger partial charge in [0, 0.05) is 17.5 Å². The van der Waals surface area contributed by atoms with Crippen LogP contribution in [-0.4, -0.2) is 11.1 Å². The Labute approximate surface area is 111 Å². The van der Waals surface area contributed by atoms with E-state index in [9.17, 15) is 9.18 Å². The number of hydrogen-bond donors (Lipinski definition) is 2. The van der Waals surface area contributed by atoms with Gasteiger partial charge in [-0.2, -0.15) is 0 Å². The molecule has 3 nitrogen and oxygen atoms in total. The smallest absolute Gasteiger partial charge is 0.303 e. The molecule has 0 bridgehead atoms. The van der Waals surface area contributed by atoms with E-state index in [2.05, 4.69) is 0 Å². The standard InChI is InChI=1S/C13H17ClFNO2/c1-7(4-13(17)18)3-12(16)9-5-8(2)11(15)6-10(9)14/h5-7,12H,3-4,16H2,1-2H3,(H,17,18). The molecule has 0 amide bonds. The highest BCUT2D eigenvalue weighted by atomic mass is 35.5. The van der Waals surface area contributed by atoms with E-state index >= 15 is 0 Å². The lowest BCUT2D eigenvalue weighted by atomic mass is 9.93. The summed E-state index contributed by atoms with van der Waals surface area (Å²) in [7, 11) is 0.